The minimum Gasteiger partial charge on any atom is -0.494 e. The number of aryl methyl sites for hydroxylation is 1. The Bertz CT molecular complexity index is 1060. The van der Waals surface area contributed by atoms with Crippen LogP contribution in [0.25, 0.3) is 22.6 Å². The molecule has 0 amide bonds. The van der Waals surface area contributed by atoms with Crippen LogP contribution in [0.1, 0.15) is 31.5 Å². The Labute approximate surface area is 155 Å². The fourth-order valence-electron chi connectivity index (χ4n) is 2.61. The van der Waals surface area contributed by atoms with Gasteiger partial charge in [0.05, 0.1) is 23.3 Å². The highest BCUT2D eigenvalue weighted by atomic mass is 16.5. The number of hydrogen-bond donors (Lipinski definition) is 0. The maximum Gasteiger partial charge on any atom is 0.257 e. The summed E-state index contributed by atoms with van der Waals surface area (Å²) in [5, 5.41) is 12.9. The summed E-state index contributed by atoms with van der Waals surface area (Å²) in [5.41, 5.74) is 1.93. The van der Waals surface area contributed by atoms with E-state index in [-0.39, 0.29) is 0 Å². The van der Waals surface area contributed by atoms with E-state index in [0.29, 0.717) is 35.4 Å². The monoisotopic (exact) mass is 366 g/mol. The topological polar surface area (TPSA) is 96.3 Å². The van der Waals surface area contributed by atoms with Crippen LogP contribution in [0.4, 0.5) is 0 Å². The van der Waals surface area contributed by atoms with Crippen LogP contribution in [0.2, 0.25) is 0 Å². The molecule has 0 saturated heterocycles. The average molecular weight is 366 g/mol. The molecule has 1 atom stereocenters. The summed E-state index contributed by atoms with van der Waals surface area (Å²) in [6, 6.07) is 9.25. The average Bonchev–Trinajstić information content (AvgIpc) is 3.31. The van der Waals surface area contributed by atoms with Gasteiger partial charge in [-0.25, -0.2) is 4.98 Å². The van der Waals surface area contributed by atoms with Crippen molar-refractivity contribution in [2.45, 2.75) is 26.9 Å². The van der Waals surface area contributed by atoms with E-state index in [4.69, 9.17) is 18.4 Å². The molecule has 0 spiro atoms. The highest BCUT2D eigenvalue weighted by Gasteiger charge is 2.18. The summed E-state index contributed by atoms with van der Waals surface area (Å²) in [6.07, 6.45) is 1.21. The number of rotatable bonds is 6. The first-order chi connectivity index (χ1) is 13.1. The molecule has 0 radical (unpaired) electrons. The number of hydrogen-bond acceptors (Lipinski definition) is 8. The Morgan fingerprint density at radius 3 is 2.67 bits per heavy atom. The zero-order chi connectivity index (χ0) is 18.8. The van der Waals surface area contributed by atoms with Gasteiger partial charge in [0.15, 0.2) is 6.10 Å². The zero-order valence-electron chi connectivity index (χ0n) is 15.2. The molecule has 0 bridgehead atoms. The predicted molar refractivity (Wildman–Crippen MR) is 96.5 cm³/mol. The van der Waals surface area contributed by atoms with Gasteiger partial charge in [-0.1, -0.05) is 5.16 Å². The van der Waals surface area contributed by atoms with Crippen LogP contribution in [0.15, 0.2) is 45.5 Å². The van der Waals surface area contributed by atoms with Gasteiger partial charge in [-0.2, -0.15) is 0 Å². The fraction of sp³-hybridized carbons (Fsp3) is 0.263. The van der Waals surface area contributed by atoms with Crippen LogP contribution >= 0.6 is 0 Å². The van der Waals surface area contributed by atoms with E-state index in [1.165, 1.54) is 0 Å². The Morgan fingerprint density at radius 1 is 1.11 bits per heavy atom. The van der Waals surface area contributed by atoms with E-state index in [2.05, 4.69) is 20.3 Å². The molecule has 27 heavy (non-hydrogen) atoms. The van der Waals surface area contributed by atoms with E-state index < -0.39 is 6.10 Å². The molecule has 4 aromatic rings. The highest BCUT2D eigenvalue weighted by Crippen LogP contribution is 2.27. The number of pyridine rings is 1. The molecular weight excluding hydrogens is 348 g/mol. The minimum absolute atomic E-state index is 0.363. The third-order valence-electron chi connectivity index (χ3n) is 3.99. The molecule has 8 heteroatoms. The molecule has 0 fully saturated rings. The third kappa shape index (κ3) is 3.46. The second-order valence-electron chi connectivity index (χ2n) is 5.95. The van der Waals surface area contributed by atoms with Crippen LogP contribution in [0.5, 0.6) is 11.5 Å². The van der Waals surface area contributed by atoms with Crippen molar-refractivity contribution in [1.82, 2.24) is 20.3 Å². The lowest BCUT2D eigenvalue weighted by molar-refractivity contribution is 0.189. The molecule has 0 saturated carbocycles. The van der Waals surface area contributed by atoms with Crippen molar-refractivity contribution in [3.8, 4) is 23.0 Å². The smallest absolute Gasteiger partial charge is 0.257 e. The summed E-state index contributed by atoms with van der Waals surface area (Å²) in [5.74, 6) is 2.22. The molecule has 0 unspecified atom stereocenters. The van der Waals surface area contributed by atoms with Gasteiger partial charge in [-0.15, -0.1) is 10.2 Å². The largest absolute Gasteiger partial charge is 0.494 e. The van der Waals surface area contributed by atoms with Crippen LogP contribution in [0.3, 0.4) is 0 Å². The van der Waals surface area contributed by atoms with Crippen molar-refractivity contribution in [3.63, 3.8) is 0 Å². The molecule has 0 N–H and O–H groups in total. The summed E-state index contributed by atoms with van der Waals surface area (Å²) in [7, 11) is 0. The van der Waals surface area contributed by atoms with E-state index in [0.717, 1.165) is 16.8 Å². The summed E-state index contributed by atoms with van der Waals surface area (Å²) in [4.78, 5) is 4.22. The second kappa shape index (κ2) is 7.06. The first-order valence-electron chi connectivity index (χ1n) is 8.59. The molecule has 3 heterocycles. The summed E-state index contributed by atoms with van der Waals surface area (Å²) < 4.78 is 22.2. The van der Waals surface area contributed by atoms with Gasteiger partial charge in [0.1, 0.15) is 11.5 Å². The Morgan fingerprint density at radius 2 is 1.89 bits per heavy atom. The van der Waals surface area contributed by atoms with Crippen molar-refractivity contribution in [1.29, 1.82) is 0 Å². The van der Waals surface area contributed by atoms with Crippen molar-refractivity contribution in [2.75, 3.05) is 6.61 Å². The summed E-state index contributed by atoms with van der Waals surface area (Å²) >= 11 is 0. The molecule has 0 aliphatic rings. The molecule has 0 aliphatic heterocycles. The molecule has 1 aromatic carbocycles. The van der Waals surface area contributed by atoms with E-state index in [1.54, 1.807) is 6.20 Å². The van der Waals surface area contributed by atoms with Crippen LogP contribution in [0, 0.1) is 6.92 Å². The van der Waals surface area contributed by atoms with E-state index >= 15 is 0 Å². The van der Waals surface area contributed by atoms with Gasteiger partial charge in [0.2, 0.25) is 5.89 Å². The van der Waals surface area contributed by atoms with Crippen LogP contribution in [-0.2, 0) is 0 Å². The molecule has 3 aromatic heterocycles. The van der Waals surface area contributed by atoms with E-state index in [9.17, 15) is 0 Å². The Kier molecular flexibility index (Phi) is 4.45. The van der Waals surface area contributed by atoms with Gasteiger partial charge >= 0.3 is 0 Å². The number of aromatic nitrogens is 4. The van der Waals surface area contributed by atoms with Gasteiger partial charge in [0.25, 0.3) is 11.6 Å². The number of benzene rings is 1. The van der Waals surface area contributed by atoms with Gasteiger partial charge in [-0.3, -0.25) is 0 Å². The van der Waals surface area contributed by atoms with Crippen molar-refractivity contribution < 1.29 is 18.4 Å². The fourth-order valence-corrected chi connectivity index (χ4v) is 2.61. The third-order valence-corrected chi connectivity index (χ3v) is 3.99. The Hall–Kier alpha value is -3.42. The zero-order valence-corrected chi connectivity index (χ0v) is 15.2. The van der Waals surface area contributed by atoms with Gasteiger partial charge < -0.3 is 18.4 Å². The van der Waals surface area contributed by atoms with Gasteiger partial charge in [0, 0.05) is 6.20 Å². The maximum absolute atomic E-state index is 5.87. The molecule has 8 nitrogen and oxygen atoms in total. The second-order valence-corrected chi connectivity index (χ2v) is 5.95. The highest BCUT2D eigenvalue weighted by molar-refractivity contribution is 5.79. The molecule has 0 aliphatic carbocycles. The SMILES string of the molecule is CCOc1ccc(O[C@@H](C)c2nnc(-c3cnc4onc(C)c4c3)o2)cc1. The first-order valence-corrected chi connectivity index (χ1v) is 8.59. The molecule has 138 valence electrons. The summed E-state index contributed by atoms with van der Waals surface area (Å²) in [6.45, 7) is 6.26. The number of fused-ring (bicyclic) bond motifs is 1. The quantitative estimate of drug-likeness (QED) is 0.503. The number of ether oxygens (including phenoxy) is 2. The molecular formula is C19H18N4O4. The predicted octanol–water partition coefficient (Wildman–Crippen LogP) is 4.12. The minimum atomic E-state index is -0.404. The standard InChI is InChI=1S/C19H18N4O4/c1-4-24-14-5-7-15(8-6-14)25-12(3)17-21-22-18(26-17)13-9-16-11(2)23-27-19(16)20-10-13/h5-10,12H,4H2,1-3H3/t12-/m0/s1. The normalized spacial score (nSPS) is 12.3. The van der Waals surface area contributed by atoms with Crippen molar-refractivity contribution >= 4 is 11.1 Å². The Balaban J connectivity index is 1.51. The first kappa shape index (κ1) is 17.0. The molecule has 4 rings (SSSR count). The maximum atomic E-state index is 5.87. The van der Waals surface area contributed by atoms with E-state index in [1.807, 2.05) is 51.1 Å². The van der Waals surface area contributed by atoms with Crippen molar-refractivity contribution in [3.05, 3.63) is 48.1 Å². The van der Waals surface area contributed by atoms with Crippen LogP contribution in [-0.4, -0.2) is 26.9 Å². The lowest BCUT2D eigenvalue weighted by atomic mass is 10.2. The van der Waals surface area contributed by atoms with Gasteiger partial charge in [-0.05, 0) is 51.1 Å². The lowest BCUT2D eigenvalue weighted by Gasteiger charge is -2.11. The van der Waals surface area contributed by atoms with Crippen LogP contribution < -0.4 is 9.47 Å². The number of nitrogens with zero attached hydrogens (tertiary/aromatic N) is 4. The lowest BCUT2D eigenvalue weighted by Crippen LogP contribution is -2.03. The van der Waals surface area contributed by atoms with Crippen molar-refractivity contribution in [2.24, 2.45) is 0 Å².